The van der Waals surface area contributed by atoms with Crippen LogP contribution < -0.4 is 0 Å². The van der Waals surface area contributed by atoms with Gasteiger partial charge in [-0.1, -0.05) is 5.23 Å². The number of carbonyl (C=O) groups excluding carboxylic acids is 2. The lowest BCUT2D eigenvalue weighted by Crippen LogP contribution is -2.33. The molecule has 5 nitrogen and oxygen atoms in total. The highest BCUT2D eigenvalue weighted by atomic mass is 17.0. The summed E-state index contributed by atoms with van der Waals surface area (Å²) in [6, 6.07) is 0. The Morgan fingerprint density at radius 2 is 1.92 bits per heavy atom. The topological polar surface area (TPSA) is 55.8 Å². The summed E-state index contributed by atoms with van der Waals surface area (Å²) in [6.07, 6.45) is 0.886. The second kappa shape index (κ2) is 4.84. The highest BCUT2D eigenvalue weighted by molar-refractivity contribution is 5.51. The summed E-state index contributed by atoms with van der Waals surface area (Å²) in [5, 5.41) is 0.633. The van der Waals surface area contributed by atoms with Gasteiger partial charge in [-0.15, -0.1) is 0 Å². The van der Waals surface area contributed by atoms with Gasteiger partial charge in [-0.3, -0.25) is 4.79 Å². The predicted octanol–water partition coefficient (Wildman–Crippen LogP) is 0.305. The fraction of sp³-hybridized carbons (Fsp3) is 0.714. The Hall–Kier alpha value is -0.940. The minimum absolute atomic E-state index is 0.200. The molecule has 0 atom stereocenters. The van der Waals surface area contributed by atoms with Crippen molar-refractivity contribution in [2.45, 2.75) is 26.4 Å². The molecule has 0 aromatic carbocycles. The third kappa shape index (κ3) is 5.82. The van der Waals surface area contributed by atoms with E-state index < -0.39 is 5.60 Å². The standard InChI is InChI=1S/C7H13NO4/c1-7(2,3)12-8(6-10)11-5-4-9/h4,6H,5H2,1-3H3. The molecule has 0 bridgehead atoms. The van der Waals surface area contributed by atoms with Gasteiger partial charge in [-0.2, -0.15) is 0 Å². The molecule has 1 amide bonds. The highest BCUT2D eigenvalue weighted by Crippen LogP contribution is 2.08. The lowest BCUT2D eigenvalue weighted by molar-refractivity contribution is -0.362. The minimum Gasteiger partial charge on any atom is -0.301 e. The maximum atomic E-state index is 10.2. The molecule has 0 spiro atoms. The summed E-state index contributed by atoms with van der Waals surface area (Å²) < 4.78 is 0. The van der Waals surface area contributed by atoms with Crippen LogP contribution in [-0.2, 0) is 19.3 Å². The normalized spacial score (nSPS) is 10.9. The molecule has 5 heteroatoms. The maximum Gasteiger partial charge on any atom is 0.261 e. The van der Waals surface area contributed by atoms with Crippen molar-refractivity contribution < 1.29 is 19.3 Å². The Balaban J connectivity index is 3.82. The van der Waals surface area contributed by atoms with Crippen molar-refractivity contribution in [1.82, 2.24) is 5.23 Å². The largest absolute Gasteiger partial charge is 0.301 e. The van der Waals surface area contributed by atoms with Crippen LogP contribution in [0.2, 0.25) is 0 Å². The summed E-state index contributed by atoms with van der Waals surface area (Å²) in [5.74, 6) is 0. The Morgan fingerprint density at radius 1 is 1.33 bits per heavy atom. The van der Waals surface area contributed by atoms with E-state index in [1.54, 1.807) is 20.8 Å². The zero-order chi connectivity index (χ0) is 9.61. The molecule has 0 aliphatic heterocycles. The number of aldehydes is 1. The molecule has 0 unspecified atom stereocenters. The van der Waals surface area contributed by atoms with Crippen LogP contribution in [0.5, 0.6) is 0 Å². The Bertz CT molecular complexity index is 152. The average Bonchev–Trinajstić information content (AvgIpc) is 1.95. The van der Waals surface area contributed by atoms with Gasteiger partial charge in [0.1, 0.15) is 12.9 Å². The van der Waals surface area contributed by atoms with E-state index in [9.17, 15) is 9.59 Å². The van der Waals surface area contributed by atoms with Crippen LogP contribution in [0.25, 0.3) is 0 Å². The number of carbonyl (C=O) groups is 2. The first-order valence-electron chi connectivity index (χ1n) is 3.50. The van der Waals surface area contributed by atoms with Gasteiger partial charge in [-0.25, -0.2) is 9.68 Å². The van der Waals surface area contributed by atoms with E-state index in [2.05, 4.69) is 4.84 Å². The van der Waals surface area contributed by atoms with E-state index in [0.29, 0.717) is 17.9 Å². The molecule has 0 aliphatic carbocycles. The second-order valence-corrected chi connectivity index (χ2v) is 3.06. The lowest BCUT2D eigenvalue weighted by Gasteiger charge is -2.24. The van der Waals surface area contributed by atoms with E-state index >= 15 is 0 Å². The zero-order valence-corrected chi connectivity index (χ0v) is 7.44. The van der Waals surface area contributed by atoms with Crippen molar-refractivity contribution in [3.05, 3.63) is 0 Å². The third-order valence-electron chi connectivity index (χ3n) is 0.720. The predicted molar refractivity (Wildman–Crippen MR) is 40.8 cm³/mol. The summed E-state index contributed by atoms with van der Waals surface area (Å²) in [5.41, 5.74) is -0.524. The first-order valence-corrected chi connectivity index (χ1v) is 3.50. The quantitative estimate of drug-likeness (QED) is 0.445. The van der Waals surface area contributed by atoms with Crippen molar-refractivity contribution in [3.63, 3.8) is 0 Å². The van der Waals surface area contributed by atoms with Gasteiger partial charge in [0.2, 0.25) is 0 Å². The molecule has 0 fully saturated rings. The van der Waals surface area contributed by atoms with E-state index in [4.69, 9.17) is 4.84 Å². The molecule has 0 aromatic rings. The van der Waals surface area contributed by atoms with Crippen LogP contribution in [0.4, 0.5) is 0 Å². The molecule has 0 saturated carbocycles. The molecular weight excluding hydrogens is 162 g/mol. The molecule has 0 aliphatic rings. The van der Waals surface area contributed by atoms with Crippen LogP contribution in [0.15, 0.2) is 0 Å². The molecule has 0 rings (SSSR count). The van der Waals surface area contributed by atoms with Crippen molar-refractivity contribution >= 4 is 12.7 Å². The van der Waals surface area contributed by atoms with Gasteiger partial charge in [0.05, 0.1) is 5.60 Å². The van der Waals surface area contributed by atoms with Crippen molar-refractivity contribution in [2.24, 2.45) is 0 Å². The SMILES string of the molecule is CC(C)(C)ON(C=O)OCC=O. The van der Waals surface area contributed by atoms with E-state index in [-0.39, 0.29) is 6.61 Å². The van der Waals surface area contributed by atoms with Crippen molar-refractivity contribution in [2.75, 3.05) is 6.61 Å². The van der Waals surface area contributed by atoms with Crippen LogP contribution in [0.1, 0.15) is 20.8 Å². The Kier molecular flexibility index (Phi) is 4.46. The maximum absolute atomic E-state index is 10.2. The van der Waals surface area contributed by atoms with Crippen molar-refractivity contribution in [1.29, 1.82) is 0 Å². The number of nitrogens with zero attached hydrogens (tertiary/aromatic N) is 1. The monoisotopic (exact) mass is 175 g/mol. The van der Waals surface area contributed by atoms with Gasteiger partial charge in [0.15, 0.2) is 0 Å². The fourth-order valence-electron chi connectivity index (χ4n) is 0.452. The smallest absolute Gasteiger partial charge is 0.261 e. The summed E-state index contributed by atoms with van der Waals surface area (Å²) >= 11 is 0. The van der Waals surface area contributed by atoms with Crippen LogP contribution >= 0.6 is 0 Å². The first-order chi connectivity index (χ1) is 5.49. The molecule has 0 saturated heterocycles. The highest BCUT2D eigenvalue weighted by Gasteiger charge is 2.16. The van der Waals surface area contributed by atoms with Crippen LogP contribution in [0.3, 0.4) is 0 Å². The number of amides is 1. The van der Waals surface area contributed by atoms with E-state index in [0.717, 1.165) is 0 Å². The second-order valence-electron chi connectivity index (χ2n) is 3.06. The summed E-state index contributed by atoms with van der Waals surface area (Å²) in [6.45, 7) is 5.07. The number of rotatable bonds is 5. The summed E-state index contributed by atoms with van der Waals surface area (Å²) in [7, 11) is 0. The molecule has 0 heterocycles. The van der Waals surface area contributed by atoms with E-state index in [1.807, 2.05) is 0 Å². The minimum atomic E-state index is -0.524. The van der Waals surface area contributed by atoms with Crippen LogP contribution in [0, 0.1) is 0 Å². The van der Waals surface area contributed by atoms with Gasteiger partial charge in [0, 0.05) is 0 Å². The number of hydrogen-bond acceptors (Lipinski definition) is 4. The summed E-state index contributed by atoms with van der Waals surface area (Å²) in [4.78, 5) is 29.7. The lowest BCUT2D eigenvalue weighted by atomic mass is 10.2. The molecule has 0 radical (unpaired) electrons. The molecule has 12 heavy (non-hydrogen) atoms. The number of hydroxylamine groups is 2. The van der Waals surface area contributed by atoms with Gasteiger partial charge in [0.25, 0.3) is 6.41 Å². The zero-order valence-electron chi connectivity index (χ0n) is 7.44. The molecule has 0 N–H and O–H groups in total. The first kappa shape index (κ1) is 11.1. The molecule has 70 valence electrons. The Labute approximate surface area is 71.1 Å². The third-order valence-corrected chi connectivity index (χ3v) is 0.720. The Morgan fingerprint density at radius 3 is 2.25 bits per heavy atom. The average molecular weight is 175 g/mol. The van der Waals surface area contributed by atoms with Crippen LogP contribution in [-0.4, -0.2) is 30.1 Å². The van der Waals surface area contributed by atoms with Gasteiger partial charge < -0.3 is 4.79 Å². The fourth-order valence-corrected chi connectivity index (χ4v) is 0.452. The van der Waals surface area contributed by atoms with Gasteiger partial charge >= 0.3 is 0 Å². The van der Waals surface area contributed by atoms with Crippen molar-refractivity contribution in [3.8, 4) is 0 Å². The molecule has 0 aromatic heterocycles. The van der Waals surface area contributed by atoms with Gasteiger partial charge in [-0.05, 0) is 20.8 Å². The van der Waals surface area contributed by atoms with E-state index in [1.165, 1.54) is 0 Å². The molecular formula is C7H13NO4. The number of hydrogen-bond donors (Lipinski definition) is 0.